The fourth-order valence-corrected chi connectivity index (χ4v) is 3.68. The van der Waals surface area contributed by atoms with Gasteiger partial charge in [0.05, 0.1) is 0 Å². The number of rotatable bonds is 3. The average molecular weight is 331 g/mol. The Kier molecular flexibility index (Phi) is 4.40. The van der Waals surface area contributed by atoms with Gasteiger partial charge in [-0.1, -0.05) is 0 Å². The van der Waals surface area contributed by atoms with Gasteiger partial charge in [0.25, 0.3) is 5.91 Å². The highest BCUT2D eigenvalue weighted by molar-refractivity contribution is 9.10. The van der Waals surface area contributed by atoms with Gasteiger partial charge in [-0.25, -0.2) is 0 Å². The van der Waals surface area contributed by atoms with E-state index in [0.717, 1.165) is 30.2 Å². The van der Waals surface area contributed by atoms with Crippen molar-refractivity contribution in [1.82, 2.24) is 5.32 Å². The first-order valence-electron chi connectivity index (χ1n) is 5.91. The van der Waals surface area contributed by atoms with Crippen molar-refractivity contribution in [3.05, 3.63) is 20.8 Å². The van der Waals surface area contributed by atoms with Gasteiger partial charge in [-0.15, -0.1) is 11.3 Å². The van der Waals surface area contributed by atoms with Crippen LogP contribution in [-0.4, -0.2) is 17.9 Å². The first-order valence-corrected chi connectivity index (χ1v) is 7.58. The molecule has 0 unspecified atom stereocenters. The normalized spacial score (nSPS) is 23.6. The summed E-state index contributed by atoms with van der Waals surface area (Å²) < 4.78 is 0.829. The maximum Gasteiger partial charge on any atom is 0.262 e. The highest BCUT2D eigenvalue weighted by Gasteiger charge is 2.26. The number of carbonyl (C=O) groups is 2. The van der Waals surface area contributed by atoms with Crippen LogP contribution in [0.5, 0.6) is 0 Å². The SMILES string of the molecule is NC(=O)C1CCC(NC(=O)c2sccc2Br)CC1. The molecule has 1 aliphatic carbocycles. The minimum atomic E-state index is -0.222. The molecule has 1 saturated carbocycles. The minimum absolute atomic E-state index is 0.0216. The molecule has 0 atom stereocenters. The quantitative estimate of drug-likeness (QED) is 0.892. The van der Waals surface area contributed by atoms with Crippen LogP contribution < -0.4 is 11.1 Å². The van der Waals surface area contributed by atoms with Crippen molar-refractivity contribution in [2.24, 2.45) is 11.7 Å². The third-order valence-corrected chi connectivity index (χ3v) is 5.12. The summed E-state index contributed by atoms with van der Waals surface area (Å²) in [5.41, 5.74) is 5.28. The molecule has 0 bridgehead atoms. The number of nitrogens with one attached hydrogen (secondary N) is 1. The second-order valence-corrected chi connectivity index (χ2v) is 6.29. The van der Waals surface area contributed by atoms with E-state index in [1.807, 2.05) is 11.4 Å². The Morgan fingerprint density at radius 2 is 2.00 bits per heavy atom. The van der Waals surface area contributed by atoms with Crippen molar-refractivity contribution in [3.63, 3.8) is 0 Å². The van der Waals surface area contributed by atoms with E-state index in [-0.39, 0.29) is 23.8 Å². The number of amides is 2. The molecule has 0 aromatic carbocycles. The molecule has 2 amide bonds. The van der Waals surface area contributed by atoms with Gasteiger partial charge in [-0.3, -0.25) is 9.59 Å². The van der Waals surface area contributed by atoms with Gasteiger partial charge >= 0.3 is 0 Å². The summed E-state index contributed by atoms with van der Waals surface area (Å²) in [5.74, 6) is -0.285. The topological polar surface area (TPSA) is 72.2 Å². The van der Waals surface area contributed by atoms with Crippen molar-refractivity contribution < 1.29 is 9.59 Å². The molecule has 98 valence electrons. The smallest absolute Gasteiger partial charge is 0.262 e. The number of carbonyl (C=O) groups excluding carboxylic acids is 2. The van der Waals surface area contributed by atoms with Crippen molar-refractivity contribution >= 4 is 39.1 Å². The minimum Gasteiger partial charge on any atom is -0.369 e. The van der Waals surface area contributed by atoms with Crippen LogP contribution >= 0.6 is 27.3 Å². The first kappa shape index (κ1) is 13.5. The monoisotopic (exact) mass is 330 g/mol. The lowest BCUT2D eigenvalue weighted by Gasteiger charge is -2.27. The molecular weight excluding hydrogens is 316 g/mol. The zero-order chi connectivity index (χ0) is 13.1. The van der Waals surface area contributed by atoms with E-state index < -0.39 is 0 Å². The highest BCUT2D eigenvalue weighted by Crippen LogP contribution is 2.26. The van der Waals surface area contributed by atoms with E-state index >= 15 is 0 Å². The number of thiophene rings is 1. The van der Waals surface area contributed by atoms with Crippen LogP contribution in [0.25, 0.3) is 0 Å². The molecule has 6 heteroatoms. The zero-order valence-electron chi connectivity index (χ0n) is 9.82. The largest absolute Gasteiger partial charge is 0.369 e. The van der Waals surface area contributed by atoms with Gasteiger partial charge in [0, 0.05) is 16.4 Å². The molecule has 1 aromatic rings. The number of primary amides is 1. The lowest BCUT2D eigenvalue weighted by Crippen LogP contribution is -2.39. The first-order chi connectivity index (χ1) is 8.58. The van der Waals surface area contributed by atoms with E-state index in [0.29, 0.717) is 4.88 Å². The van der Waals surface area contributed by atoms with Gasteiger partial charge < -0.3 is 11.1 Å². The molecule has 0 spiro atoms. The van der Waals surface area contributed by atoms with Gasteiger partial charge in [-0.05, 0) is 53.1 Å². The fourth-order valence-electron chi connectivity index (χ4n) is 2.23. The predicted octanol–water partition coefficient (Wildman–Crippen LogP) is 2.28. The van der Waals surface area contributed by atoms with Crippen LogP contribution in [0, 0.1) is 5.92 Å². The molecule has 3 N–H and O–H groups in total. The maximum absolute atomic E-state index is 12.0. The molecular formula is C12H15BrN2O2S. The van der Waals surface area contributed by atoms with Crippen molar-refractivity contribution in [3.8, 4) is 0 Å². The third-order valence-electron chi connectivity index (χ3n) is 3.29. The molecule has 0 saturated heterocycles. The highest BCUT2D eigenvalue weighted by atomic mass is 79.9. The predicted molar refractivity (Wildman–Crippen MR) is 74.4 cm³/mol. The molecule has 1 aromatic heterocycles. The summed E-state index contributed by atoms with van der Waals surface area (Å²) in [4.78, 5) is 23.7. The number of nitrogens with two attached hydrogens (primary N) is 1. The van der Waals surface area contributed by atoms with E-state index in [1.54, 1.807) is 0 Å². The Bertz CT molecular complexity index is 453. The van der Waals surface area contributed by atoms with E-state index in [2.05, 4.69) is 21.2 Å². The fraction of sp³-hybridized carbons (Fsp3) is 0.500. The molecule has 4 nitrogen and oxygen atoms in total. The van der Waals surface area contributed by atoms with Crippen LogP contribution in [-0.2, 0) is 4.79 Å². The van der Waals surface area contributed by atoms with E-state index in [4.69, 9.17) is 5.73 Å². The van der Waals surface area contributed by atoms with Crippen LogP contribution in [0.3, 0.4) is 0 Å². The van der Waals surface area contributed by atoms with Crippen LogP contribution in [0.2, 0.25) is 0 Å². The lowest BCUT2D eigenvalue weighted by atomic mass is 9.85. The summed E-state index contributed by atoms with van der Waals surface area (Å²) in [6.07, 6.45) is 3.18. The second-order valence-electron chi connectivity index (χ2n) is 4.52. The Labute approximate surface area is 118 Å². The molecule has 0 aliphatic heterocycles. The average Bonchev–Trinajstić information content (AvgIpc) is 2.76. The zero-order valence-corrected chi connectivity index (χ0v) is 12.2. The van der Waals surface area contributed by atoms with E-state index in [9.17, 15) is 9.59 Å². The molecule has 1 heterocycles. The van der Waals surface area contributed by atoms with Crippen molar-refractivity contribution in [1.29, 1.82) is 0 Å². The van der Waals surface area contributed by atoms with Gasteiger partial charge in [-0.2, -0.15) is 0 Å². The van der Waals surface area contributed by atoms with Crippen LogP contribution in [0.1, 0.15) is 35.4 Å². The Balaban J connectivity index is 1.87. The van der Waals surface area contributed by atoms with Crippen molar-refractivity contribution in [2.75, 3.05) is 0 Å². The summed E-state index contributed by atoms with van der Waals surface area (Å²) in [6.45, 7) is 0. The number of hydrogen-bond donors (Lipinski definition) is 2. The van der Waals surface area contributed by atoms with Gasteiger partial charge in [0.2, 0.25) is 5.91 Å². The standard InChI is InChI=1S/C12H15BrN2O2S/c13-9-5-6-18-10(9)12(17)15-8-3-1-7(2-4-8)11(14)16/h5-8H,1-4H2,(H2,14,16)(H,15,17). The lowest BCUT2D eigenvalue weighted by molar-refractivity contribution is -0.122. The number of hydrogen-bond acceptors (Lipinski definition) is 3. The summed E-state index contributed by atoms with van der Waals surface area (Å²) in [5, 5.41) is 4.89. The molecule has 0 radical (unpaired) electrons. The van der Waals surface area contributed by atoms with Crippen LogP contribution in [0.4, 0.5) is 0 Å². The van der Waals surface area contributed by atoms with E-state index in [1.165, 1.54) is 11.3 Å². The van der Waals surface area contributed by atoms with Gasteiger partial charge in [0.1, 0.15) is 4.88 Å². The Hall–Kier alpha value is -0.880. The molecule has 1 fully saturated rings. The van der Waals surface area contributed by atoms with Gasteiger partial charge in [0.15, 0.2) is 0 Å². The second kappa shape index (κ2) is 5.84. The Morgan fingerprint density at radius 3 is 2.50 bits per heavy atom. The summed E-state index contributed by atoms with van der Waals surface area (Å²) in [7, 11) is 0. The Morgan fingerprint density at radius 1 is 1.33 bits per heavy atom. The molecule has 18 heavy (non-hydrogen) atoms. The molecule has 2 rings (SSSR count). The number of halogens is 1. The summed E-state index contributed by atoms with van der Waals surface area (Å²) >= 11 is 4.77. The third kappa shape index (κ3) is 3.11. The molecule has 1 aliphatic rings. The summed E-state index contributed by atoms with van der Waals surface area (Å²) in [6, 6.07) is 2.02. The maximum atomic E-state index is 12.0. The van der Waals surface area contributed by atoms with Crippen LogP contribution in [0.15, 0.2) is 15.9 Å². The van der Waals surface area contributed by atoms with Crippen molar-refractivity contribution in [2.45, 2.75) is 31.7 Å².